The number of allylic oxidation sites excluding steroid dienone is 4. The molecule has 0 aliphatic rings. The lowest BCUT2D eigenvalue weighted by molar-refractivity contribution is 1.19. The second-order valence-electron chi connectivity index (χ2n) is 3.30. The smallest absolute Gasteiger partial charge is 0.175 e. The molecule has 0 saturated heterocycles. The summed E-state index contributed by atoms with van der Waals surface area (Å²) in [6.07, 6.45) is 7.44. The first kappa shape index (κ1) is 13.2. The monoisotopic (exact) mass is 244 g/mol. The molecule has 0 unspecified atom stereocenters. The Balaban J connectivity index is 2.60. The van der Waals surface area contributed by atoms with E-state index in [2.05, 4.69) is 17.2 Å². The van der Waals surface area contributed by atoms with Crippen LogP contribution in [-0.2, 0) is 0 Å². The van der Waals surface area contributed by atoms with E-state index >= 15 is 0 Å². The summed E-state index contributed by atoms with van der Waals surface area (Å²) in [5, 5.41) is 6.75. The van der Waals surface area contributed by atoms with Crippen molar-refractivity contribution >= 4 is 23.0 Å². The third-order valence-electron chi connectivity index (χ3n) is 1.93. The molecule has 0 bridgehead atoms. The molecule has 17 heavy (non-hydrogen) atoms. The van der Waals surface area contributed by atoms with Crippen LogP contribution in [0.3, 0.4) is 0 Å². The molecule has 3 heteroatoms. The van der Waals surface area contributed by atoms with Crippen LogP contribution in [0.15, 0.2) is 66.9 Å². The summed E-state index contributed by atoms with van der Waals surface area (Å²) in [5.74, 6) is 0. The fourth-order valence-corrected chi connectivity index (χ4v) is 1.50. The molecule has 0 spiro atoms. The summed E-state index contributed by atoms with van der Waals surface area (Å²) in [6, 6.07) is 9.79. The number of hydrogen-bond acceptors (Lipinski definition) is 1. The van der Waals surface area contributed by atoms with Crippen molar-refractivity contribution in [1.29, 1.82) is 0 Å². The van der Waals surface area contributed by atoms with E-state index in [0.29, 0.717) is 5.11 Å². The normalized spacial score (nSPS) is 11.2. The van der Waals surface area contributed by atoms with E-state index in [1.165, 1.54) is 0 Å². The number of thiocarbonyl (C=S) groups is 1. The zero-order chi connectivity index (χ0) is 12.5. The zero-order valence-electron chi connectivity index (χ0n) is 9.81. The van der Waals surface area contributed by atoms with E-state index in [0.717, 1.165) is 11.4 Å². The van der Waals surface area contributed by atoms with Crippen LogP contribution in [-0.4, -0.2) is 5.11 Å². The molecule has 0 aromatic heterocycles. The van der Waals surface area contributed by atoms with Crippen molar-refractivity contribution in [1.82, 2.24) is 5.32 Å². The third-order valence-corrected chi connectivity index (χ3v) is 2.14. The summed E-state index contributed by atoms with van der Waals surface area (Å²) in [7, 11) is 0. The summed E-state index contributed by atoms with van der Waals surface area (Å²) >= 11 is 5.21. The van der Waals surface area contributed by atoms with Crippen LogP contribution in [0.5, 0.6) is 0 Å². The Bertz CT molecular complexity index is 433. The third kappa shape index (κ3) is 5.13. The molecule has 0 aliphatic heterocycles. The molecule has 1 aromatic carbocycles. The average Bonchev–Trinajstić information content (AvgIpc) is 2.30. The maximum Gasteiger partial charge on any atom is 0.175 e. The van der Waals surface area contributed by atoms with Crippen molar-refractivity contribution in [2.45, 2.75) is 6.92 Å². The van der Waals surface area contributed by atoms with Gasteiger partial charge in [0.05, 0.1) is 0 Å². The number of para-hydroxylation sites is 1. The summed E-state index contributed by atoms with van der Waals surface area (Å²) < 4.78 is 0. The van der Waals surface area contributed by atoms with Gasteiger partial charge in [0.25, 0.3) is 0 Å². The molecule has 2 N–H and O–H groups in total. The van der Waals surface area contributed by atoms with Crippen molar-refractivity contribution in [3.05, 3.63) is 66.9 Å². The number of hydrogen-bond donors (Lipinski definition) is 2. The van der Waals surface area contributed by atoms with Crippen molar-refractivity contribution in [2.75, 3.05) is 5.32 Å². The predicted octanol–water partition coefficient (Wildman–Crippen LogP) is 3.62. The van der Waals surface area contributed by atoms with Crippen molar-refractivity contribution in [2.24, 2.45) is 0 Å². The highest BCUT2D eigenvalue weighted by Crippen LogP contribution is 2.05. The lowest BCUT2D eigenvalue weighted by Crippen LogP contribution is -2.27. The van der Waals surface area contributed by atoms with Gasteiger partial charge in [-0.25, -0.2) is 0 Å². The van der Waals surface area contributed by atoms with Gasteiger partial charge in [0.15, 0.2) is 5.11 Å². The first-order chi connectivity index (χ1) is 8.26. The zero-order valence-corrected chi connectivity index (χ0v) is 10.6. The highest BCUT2D eigenvalue weighted by atomic mass is 32.1. The summed E-state index contributed by atoms with van der Waals surface area (Å²) in [6.45, 7) is 5.61. The van der Waals surface area contributed by atoms with Crippen LogP contribution in [0.2, 0.25) is 0 Å². The van der Waals surface area contributed by atoms with Crippen LogP contribution in [0, 0.1) is 0 Å². The van der Waals surface area contributed by atoms with Gasteiger partial charge in [0, 0.05) is 11.4 Å². The van der Waals surface area contributed by atoms with E-state index in [-0.39, 0.29) is 0 Å². The number of nitrogens with one attached hydrogen (secondary N) is 2. The summed E-state index contributed by atoms with van der Waals surface area (Å²) in [5.41, 5.74) is 1.86. The van der Waals surface area contributed by atoms with Gasteiger partial charge >= 0.3 is 0 Å². The van der Waals surface area contributed by atoms with Crippen LogP contribution >= 0.6 is 12.2 Å². The highest BCUT2D eigenvalue weighted by molar-refractivity contribution is 7.80. The quantitative estimate of drug-likeness (QED) is 0.625. The molecule has 0 heterocycles. The van der Waals surface area contributed by atoms with E-state index in [9.17, 15) is 0 Å². The molecule has 0 radical (unpaired) electrons. The standard InChI is InChI=1S/C14H16N2S/c1-3-8-12(9-4-2)15-14(17)16-13-10-6-5-7-11-13/h3-11H,1H2,2H3,(H2,15,16,17)/b9-4-,12-8+. The lowest BCUT2D eigenvalue weighted by Gasteiger charge is -2.10. The predicted molar refractivity (Wildman–Crippen MR) is 78.9 cm³/mol. The molecule has 0 atom stereocenters. The molecular weight excluding hydrogens is 228 g/mol. The second-order valence-corrected chi connectivity index (χ2v) is 3.71. The van der Waals surface area contributed by atoms with Gasteiger partial charge in [0.2, 0.25) is 0 Å². The first-order valence-electron chi connectivity index (χ1n) is 5.34. The Hall–Kier alpha value is -1.87. The Kier molecular flexibility index (Phi) is 5.75. The largest absolute Gasteiger partial charge is 0.333 e. The molecule has 1 rings (SSSR count). The minimum atomic E-state index is 0.558. The summed E-state index contributed by atoms with van der Waals surface area (Å²) in [4.78, 5) is 0. The SMILES string of the molecule is C=C/C=C(\C=C/C)NC(=S)Nc1ccccc1. The van der Waals surface area contributed by atoms with E-state index in [1.54, 1.807) is 6.08 Å². The molecule has 0 aliphatic carbocycles. The molecular formula is C14H16N2S. The Morgan fingerprint density at radius 1 is 1.29 bits per heavy atom. The molecule has 0 saturated carbocycles. The van der Waals surface area contributed by atoms with Gasteiger partial charge < -0.3 is 10.6 Å². The van der Waals surface area contributed by atoms with E-state index < -0.39 is 0 Å². The second kappa shape index (κ2) is 7.41. The van der Waals surface area contributed by atoms with Crippen molar-refractivity contribution < 1.29 is 0 Å². The lowest BCUT2D eigenvalue weighted by atomic mass is 10.3. The van der Waals surface area contributed by atoms with Gasteiger partial charge in [-0.05, 0) is 43.4 Å². The molecule has 0 fully saturated rings. The van der Waals surface area contributed by atoms with Crippen molar-refractivity contribution in [3.63, 3.8) is 0 Å². The first-order valence-corrected chi connectivity index (χ1v) is 5.75. The highest BCUT2D eigenvalue weighted by Gasteiger charge is 1.97. The van der Waals surface area contributed by atoms with Gasteiger partial charge in [-0.15, -0.1) is 0 Å². The number of benzene rings is 1. The average molecular weight is 244 g/mol. The van der Waals surface area contributed by atoms with Crippen LogP contribution in [0.4, 0.5) is 5.69 Å². The molecule has 1 aromatic rings. The van der Waals surface area contributed by atoms with Crippen molar-refractivity contribution in [3.8, 4) is 0 Å². The minimum absolute atomic E-state index is 0.558. The molecule has 88 valence electrons. The Morgan fingerprint density at radius 3 is 2.59 bits per heavy atom. The minimum Gasteiger partial charge on any atom is -0.333 e. The molecule has 2 nitrogen and oxygen atoms in total. The number of rotatable bonds is 4. The Labute approximate surface area is 108 Å². The Morgan fingerprint density at radius 2 is 2.00 bits per heavy atom. The fourth-order valence-electron chi connectivity index (χ4n) is 1.26. The maximum absolute atomic E-state index is 5.21. The van der Waals surface area contributed by atoms with Crippen LogP contribution in [0.25, 0.3) is 0 Å². The molecule has 0 amide bonds. The topological polar surface area (TPSA) is 24.1 Å². The number of anilines is 1. The maximum atomic E-state index is 5.21. The van der Waals surface area contributed by atoms with Crippen LogP contribution < -0.4 is 10.6 Å². The van der Waals surface area contributed by atoms with E-state index in [4.69, 9.17) is 12.2 Å². The van der Waals surface area contributed by atoms with Crippen LogP contribution in [0.1, 0.15) is 6.92 Å². The fraction of sp³-hybridized carbons (Fsp3) is 0.0714. The van der Waals surface area contributed by atoms with Gasteiger partial charge in [-0.3, -0.25) is 0 Å². The van der Waals surface area contributed by atoms with E-state index in [1.807, 2.05) is 55.5 Å². The van der Waals surface area contributed by atoms with Gasteiger partial charge in [-0.2, -0.15) is 0 Å². The van der Waals surface area contributed by atoms with Gasteiger partial charge in [-0.1, -0.05) is 36.9 Å². The van der Waals surface area contributed by atoms with Gasteiger partial charge in [0.1, 0.15) is 0 Å².